The second kappa shape index (κ2) is 6.36. The van der Waals surface area contributed by atoms with Crippen molar-refractivity contribution < 1.29 is 9.53 Å². The molecule has 1 amide bonds. The molecule has 3 N–H and O–H groups in total. The van der Waals surface area contributed by atoms with Crippen molar-refractivity contribution in [2.75, 3.05) is 19.8 Å². The van der Waals surface area contributed by atoms with Crippen LogP contribution in [0.15, 0.2) is 0 Å². The molecule has 100 valence electrons. The van der Waals surface area contributed by atoms with Crippen LogP contribution in [0.5, 0.6) is 0 Å². The molecular weight excluding hydrogens is 216 g/mol. The number of carbonyl (C=O) groups is 1. The van der Waals surface area contributed by atoms with Crippen molar-refractivity contribution in [3.05, 3.63) is 0 Å². The Bertz CT molecular complexity index is 242. The van der Waals surface area contributed by atoms with Crippen molar-refractivity contribution in [1.82, 2.24) is 5.32 Å². The highest BCUT2D eigenvalue weighted by Crippen LogP contribution is 2.21. The molecular formula is C13H26N2O2. The Morgan fingerprint density at radius 2 is 2.24 bits per heavy atom. The van der Waals surface area contributed by atoms with Crippen LogP contribution < -0.4 is 11.1 Å². The average Bonchev–Trinajstić information content (AvgIpc) is 2.24. The van der Waals surface area contributed by atoms with Crippen LogP contribution in [0.25, 0.3) is 0 Å². The molecule has 0 radical (unpaired) electrons. The molecule has 0 aromatic heterocycles. The summed E-state index contributed by atoms with van der Waals surface area (Å²) in [6, 6.07) is 0. The molecule has 1 saturated heterocycles. The van der Waals surface area contributed by atoms with Gasteiger partial charge in [0.15, 0.2) is 0 Å². The summed E-state index contributed by atoms with van der Waals surface area (Å²) in [7, 11) is 0. The maximum Gasteiger partial charge on any atom is 0.224 e. The van der Waals surface area contributed by atoms with E-state index in [0.717, 1.165) is 32.5 Å². The Labute approximate surface area is 104 Å². The van der Waals surface area contributed by atoms with Crippen LogP contribution in [0.4, 0.5) is 0 Å². The number of hydrogen-bond donors (Lipinski definition) is 2. The lowest BCUT2D eigenvalue weighted by molar-refractivity contribution is -0.127. The summed E-state index contributed by atoms with van der Waals surface area (Å²) in [6.07, 6.45) is 3.10. The van der Waals surface area contributed by atoms with Gasteiger partial charge in [-0.25, -0.2) is 0 Å². The van der Waals surface area contributed by atoms with Crippen LogP contribution in [0.3, 0.4) is 0 Å². The summed E-state index contributed by atoms with van der Waals surface area (Å²) < 4.78 is 5.44. The fraction of sp³-hybridized carbons (Fsp3) is 0.923. The molecule has 1 rings (SSSR count). The Kier molecular flexibility index (Phi) is 5.40. The maximum atomic E-state index is 12.0. The third kappa shape index (κ3) is 5.50. The van der Waals surface area contributed by atoms with Crippen molar-refractivity contribution >= 4 is 5.91 Å². The van der Waals surface area contributed by atoms with Crippen molar-refractivity contribution in [2.24, 2.45) is 17.6 Å². The first-order chi connectivity index (χ1) is 7.92. The number of nitrogens with one attached hydrogen (secondary N) is 1. The normalized spacial score (nSPS) is 23.2. The minimum Gasteiger partial charge on any atom is -0.381 e. The van der Waals surface area contributed by atoms with Crippen LogP contribution in [0.1, 0.15) is 40.0 Å². The SMILES string of the molecule is CC(C)(C)NC(=O)C(CN)CC1CCCOC1. The third-order valence-corrected chi connectivity index (χ3v) is 3.03. The van der Waals surface area contributed by atoms with E-state index in [1.54, 1.807) is 0 Å². The van der Waals surface area contributed by atoms with Gasteiger partial charge in [0.2, 0.25) is 5.91 Å². The molecule has 0 bridgehead atoms. The van der Waals surface area contributed by atoms with E-state index in [4.69, 9.17) is 10.5 Å². The van der Waals surface area contributed by atoms with Gasteiger partial charge < -0.3 is 15.8 Å². The highest BCUT2D eigenvalue weighted by atomic mass is 16.5. The highest BCUT2D eigenvalue weighted by Gasteiger charge is 2.25. The molecule has 2 unspecified atom stereocenters. The second-order valence-corrected chi connectivity index (χ2v) is 5.99. The van der Waals surface area contributed by atoms with E-state index in [2.05, 4.69) is 5.32 Å². The second-order valence-electron chi connectivity index (χ2n) is 5.99. The minimum absolute atomic E-state index is 0.0746. The van der Waals surface area contributed by atoms with Gasteiger partial charge in [-0.05, 0) is 46.0 Å². The van der Waals surface area contributed by atoms with Gasteiger partial charge >= 0.3 is 0 Å². The highest BCUT2D eigenvalue weighted by molar-refractivity contribution is 5.79. The number of amides is 1. The zero-order valence-corrected chi connectivity index (χ0v) is 11.3. The van der Waals surface area contributed by atoms with Gasteiger partial charge in [-0.3, -0.25) is 4.79 Å². The molecule has 4 heteroatoms. The number of hydrogen-bond acceptors (Lipinski definition) is 3. The van der Waals surface area contributed by atoms with E-state index in [1.165, 1.54) is 0 Å². The van der Waals surface area contributed by atoms with E-state index in [1.807, 2.05) is 20.8 Å². The molecule has 1 aliphatic rings. The first-order valence-corrected chi connectivity index (χ1v) is 6.52. The van der Waals surface area contributed by atoms with Gasteiger partial charge in [-0.15, -0.1) is 0 Å². The fourth-order valence-electron chi connectivity index (χ4n) is 2.18. The van der Waals surface area contributed by atoms with Crippen molar-refractivity contribution in [3.63, 3.8) is 0 Å². The molecule has 0 aromatic carbocycles. The summed E-state index contributed by atoms with van der Waals surface area (Å²) in [5, 5.41) is 3.00. The number of nitrogens with two attached hydrogens (primary N) is 1. The van der Waals surface area contributed by atoms with Gasteiger partial charge in [0, 0.05) is 25.3 Å². The van der Waals surface area contributed by atoms with Gasteiger partial charge in [0.1, 0.15) is 0 Å². The summed E-state index contributed by atoms with van der Waals surface area (Å²) in [5.41, 5.74) is 5.52. The summed E-state index contributed by atoms with van der Waals surface area (Å²) in [6.45, 7) is 8.02. The molecule has 2 atom stereocenters. The number of ether oxygens (including phenoxy) is 1. The standard InChI is InChI=1S/C13H26N2O2/c1-13(2,3)15-12(16)11(8-14)7-10-5-4-6-17-9-10/h10-11H,4-9,14H2,1-3H3,(H,15,16). The van der Waals surface area contributed by atoms with Crippen molar-refractivity contribution in [3.8, 4) is 0 Å². The minimum atomic E-state index is -0.187. The molecule has 1 heterocycles. The van der Waals surface area contributed by atoms with Crippen LogP contribution in [-0.4, -0.2) is 31.2 Å². The predicted octanol–water partition coefficient (Wildman–Crippen LogP) is 1.29. The first-order valence-electron chi connectivity index (χ1n) is 6.52. The average molecular weight is 242 g/mol. The smallest absolute Gasteiger partial charge is 0.224 e. The van der Waals surface area contributed by atoms with Gasteiger partial charge in [-0.2, -0.15) is 0 Å². The predicted molar refractivity (Wildman–Crippen MR) is 68.6 cm³/mol. The molecule has 0 saturated carbocycles. The van der Waals surface area contributed by atoms with E-state index < -0.39 is 0 Å². The molecule has 0 aromatic rings. The topological polar surface area (TPSA) is 64.4 Å². The zero-order chi connectivity index (χ0) is 12.9. The molecule has 17 heavy (non-hydrogen) atoms. The Morgan fingerprint density at radius 3 is 2.71 bits per heavy atom. The van der Waals surface area contributed by atoms with Crippen LogP contribution in [0.2, 0.25) is 0 Å². The fourth-order valence-corrected chi connectivity index (χ4v) is 2.18. The summed E-state index contributed by atoms with van der Waals surface area (Å²) in [4.78, 5) is 12.0. The van der Waals surface area contributed by atoms with Crippen molar-refractivity contribution in [1.29, 1.82) is 0 Å². The third-order valence-electron chi connectivity index (χ3n) is 3.03. The number of carbonyl (C=O) groups excluding carboxylic acids is 1. The zero-order valence-electron chi connectivity index (χ0n) is 11.3. The van der Waals surface area contributed by atoms with E-state index >= 15 is 0 Å². The Hall–Kier alpha value is -0.610. The van der Waals surface area contributed by atoms with Crippen LogP contribution in [-0.2, 0) is 9.53 Å². The van der Waals surface area contributed by atoms with Crippen LogP contribution >= 0.6 is 0 Å². The van der Waals surface area contributed by atoms with E-state index in [-0.39, 0.29) is 17.4 Å². The Morgan fingerprint density at radius 1 is 1.53 bits per heavy atom. The van der Waals surface area contributed by atoms with Crippen molar-refractivity contribution in [2.45, 2.75) is 45.6 Å². The first kappa shape index (κ1) is 14.5. The van der Waals surface area contributed by atoms with Gasteiger partial charge in [0.25, 0.3) is 0 Å². The molecule has 0 spiro atoms. The lowest BCUT2D eigenvalue weighted by Gasteiger charge is -2.28. The monoisotopic (exact) mass is 242 g/mol. The van der Waals surface area contributed by atoms with E-state index in [0.29, 0.717) is 12.5 Å². The molecule has 4 nitrogen and oxygen atoms in total. The molecule has 1 fully saturated rings. The van der Waals surface area contributed by atoms with Crippen LogP contribution in [0, 0.1) is 11.8 Å². The van der Waals surface area contributed by atoms with E-state index in [9.17, 15) is 4.79 Å². The summed E-state index contributed by atoms with van der Waals surface area (Å²) >= 11 is 0. The Balaban J connectivity index is 2.43. The van der Waals surface area contributed by atoms with Gasteiger partial charge in [-0.1, -0.05) is 0 Å². The summed E-state index contributed by atoms with van der Waals surface area (Å²) in [5.74, 6) is 0.481. The quantitative estimate of drug-likeness (QED) is 0.781. The lowest BCUT2D eigenvalue weighted by Crippen LogP contribution is -2.46. The molecule has 0 aliphatic carbocycles. The lowest BCUT2D eigenvalue weighted by atomic mass is 9.89. The maximum absolute atomic E-state index is 12.0. The molecule has 1 aliphatic heterocycles. The number of rotatable bonds is 4. The van der Waals surface area contributed by atoms with Gasteiger partial charge in [0.05, 0.1) is 5.92 Å². The largest absolute Gasteiger partial charge is 0.381 e.